The van der Waals surface area contributed by atoms with Gasteiger partial charge in [-0.2, -0.15) is 0 Å². The van der Waals surface area contributed by atoms with Crippen molar-refractivity contribution in [2.75, 3.05) is 0 Å². The molecule has 1 heterocycles. The minimum Gasteiger partial charge on any atom is -0.234 e. The summed E-state index contributed by atoms with van der Waals surface area (Å²) in [5.41, 5.74) is 0.528. The van der Waals surface area contributed by atoms with Gasteiger partial charge in [0.05, 0.1) is 17.0 Å². The van der Waals surface area contributed by atoms with Crippen LogP contribution in [-0.4, -0.2) is 4.57 Å². The summed E-state index contributed by atoms with van der Waals surface area (Å²) < 4.78 is 18.4. The Hall–Kier alpha value is -1.35. The number of imidazole rings is 1. The zero-order chi connectivity index (χ0) is 15.6. The van der Waals surface area contributed by atoms with Gasteiger partial charge in [0.25, 0.3) is 5.82 Å². The first kappa shape index (κ1) is 16.0. The molecule has 0 aliphatic rings. The van der Waals surface area contributed by atoms with Gasteiger partial charge >= 0.3 is 0 Å². The van der Waals surface area contributed by atoms with Crippen LogP contribution in [-0.2, 0) is 18.5 Å². The average molecular weight is 310 g/mol. The maximum Gasteiger partial charge on any atom is 0.262 e. The van der Waals surface area contributed by atoms with E-state index in [2.05, 4.69) is 43.0 Å². The number of halogens is 2. The van der Waals surface area contributed by atoms with Crippen LogP contribution in [0.2, 0.25) is 5.02 Å². The molecule has 0 spiro atoms. The minimum absolute atomic E-state index is 0.0175. The van der Waals surface area contributed by atoms with Crippen molar-refractivity contribution in [3.8, 4) is 0 Å². The fourth-order valence-corrected chi connectivity index (χ4v) is 2.95. The van der Waals surface area contributed by atoms with Crippen LogP contribution < -0.4 is 4.57 Å². The summed E-state index contributed by atoms with van der Waals surface area (Å²) in [6.45, 7) is 10.1. The largest absolute Gasteiger partial charge is 0.262 e. The topological polar surface area (TPSA) is 8.81 Å². The van der Waals surface area contributed by atoms with Gasteiger partial charge in [-0.3, -0.25) is 0 Å². The molecule has 0 saturated heterocycles. The third-order valence-electron chi connectivity index (χ3n) is 3.50. The number of aromatic nitrogens is 2. The highest BCUT2D eigenvalue weighted by atomic mass is 35.5. The summed E-state index contributed by atoms with van der Waals surface area (Å²) in [5, 5.41) is 0.477. The Morgan fingerprint density at radius 2 is 2.00 bits per heavy atom. The van der Waals surface area contributed by atoms with Gasteiger partial charge in [-0.05, 0) is 39.3 Å². The molecule has 2 nitrogen and oxygen atoms in total. The molecule has 0 bridgehead atoms. The molecular weight excluding hydrogens is 287 g/mol. The normalized spacial score (nSPS) is 11.9. The van der Waals surface area contributed by atoms with E-state index in [-0.39, 0.29) is 11.2 Å². The van der Waals surface area contributed by atoms with Crippen LogP contribution in [0.4, 0.5) is 4.39 Å². The summed E-state index contributed by atoms with van der Waals surface area (Å²) in [6, 6.07) is 4.83. The quantitative estimate of drug-likeness (QED) is 0.744. The van der Waals surface area contributed by atoms with E-state index in [1.807, 2.05) is 6.20 Å². The molecule has 1 aromatic heterocycles. The van der Waals surface area contributed by atoms with Gasteiger partial charge in [-0.25, -0.2) is 13.5 Å². The van der Waals surface area contributed by atoms with Crippen molar-refractivity contribution in [3.05, 3.63) is 52.8 Å². The lowest BCUT2D eigenvalue weighted by molar-refractivity contribution is -0.698. The average Bonchev–Trinajstić information content (AvgIpc) is 2.77. The van der Waals surface area contributed by atoms with E-state index in [1.165, 1.54) is 11.9 Å². The van der Waals surface area contributed by atoms with E-state index < -0.39 is 0 Å². The van der Waals surface area contributed by atoms with Crippen molar-refractivity contribution in [2.24, 2.45) is 0 Å². The van der Waals surface area contributed by atoms with Crippen LogP contribution in [0.1, 0.15) is 45.5 Å². The Bertz CT molecular complexity index is 606. The second kappa shape index (κ2) is 6.18. The first-order valence-corrected chi connectivity index (χ1v) is 7.74. The van der Waals surface area contributed by atoms with Crippen molar-refractivity contribution in [2.45, 2.75) is 52.6 Å². The fraction of sp³-hybridized carbons (Fsp3) is 0.471. The molecule has 0 fully saturated rings. The highest BCUT2D eigenvalue weighted by molar-refractivity contribution is 6.31. The van der Waals surface area contributed by atoms with Crippen LogP contribution in [0.3, 0.4) is 0 Å². The molecule has 21 heavy (non-hydrogen) atoms. The maximum absolute atomic E-state index is 14.0. The molecule has 0 amide bonds. The SMILES string of the molecule is CCCn1cc[n+](Cc2c(F)cccc2Cl)c1C(C)(C)C. The monoisotopic (exact) mass is 309 g/mol. The molecule has 1 aromatic carbocycles. The van der Waals surface area contributed by atoms with Crippen LogP contribution >= 0.6 is 11.6 Å². The molecule has 2 rings (SSSR count). The molecule has 0 saturated carbocycles. The van der Waals surface area contributed by atoms with Gasteiger partial charge in [0, 0.05) is 5.56 Å². The Labute approximate surface area is 131 Å². The number of nitrogens with zero attached hydrogens (tertiary/aromatic N) is 2. The molecular formula is C17H23ClFN2+. The van der Waals surface area contributed by atoms with Crippen molar-refractivity contribution in [3.63, 3.8) is 0 Å². The van der Waals surface area contributed by atoms with Crippen LogP contribution in [0.25, 0.3) is 0 Å². The Kier molecular flexibility index (Phi) is 4.72. The molecule has 2 aromatic rings. The van der Waals surface area contributed by atoms with Crippen LogP contribution in [0.5, 0.6) is 0 Å². The molecule has 0 aliphatic carbocycles. The summed E-state index contributed by atoms with van der Waals surface area (Å²) in [5.74, 6) is 0.932. The van der Waals surface area contributed by atoms with E-state index in [1.54, 1.807) is 12.1 Å². The van der Waals surface area contributed by atoms with Crippen molar-refractivity contribution < 1.29 is 8.96 Å². The van der Waals surface area contributed by atoms with Crippen molar-refractivity contribution in [1.29, 1.82) is 0 Å². The first-order chi connectivity index (χ1) is 9.84. The predicted molar refractivity (Wildman–Crippen MR) is 84.1 cm³/mol. The van der Waals surface area contributed by atoms with Crippen LogP contribution in [0, 0.1) is 5.82 Å². The summed E-state index contributed by atoms with van der Waals surface area (Å²) in [4.78, 5) is 0. The van der Waals surface area contributed by atoms with E-state index in [4.69, 9.17) is 11.6 Å². The van der Waals surface area contributed by atoms with E-state index >= 15 is 0 Å². The smallest absolute Gasteiger partial charge is 0.234 e. The first-order valence-electron chi connectivity index (χ1n) is 7.36. The number of aryl methyl sites for hydroxylation is 1. The summed E-state index contributed by atoms with van der Waals surface area (Å²) >= 11 is 6.15. The number of hydrogen-bond donors (Lipinski definition) is 0. The van der Waals surface area contributed by atoms with E-state index in [0.717, 1.165) is 13.0 Å². The highest BCUT2D eigenvalue weighted by Crippen LogP contribution is 2.22. The third-order valence-corrected chi connectivity index (χ3v) is 3.85. The molecule has 0 N–H and O–H groups in total. The Morgan fingerprint density at radius 3 is 2.57 bits per heavy atom. The van der Waals surface area contributed by atoms with E-state index in [9.17, 15) is 4.39 Å². The third kappa shape index (κ3) is 3.46. The number of benzene rings is 1. The number of rotatable bonds is 4. The number of hydrogen-bond acceptors (Lipinski definition) is 0. The van der Waals surface area contributed by atoms with Gasteiger partial charge in [0.1, 0.15) is 24.8 Å². The van der Waals surface area contributed by atoms with Gasteiger partial charge in [0.15, 0.2) is 0 Å². The van der Waals surface area contributed by atoms with Crippen molar-refractivity contribution in [1.82, 2.24) is 4.57 Å². The highest BCUT2D eigenvalue weighted by Gasteiger charge is 2.30. The molecule has 0 radical (unpaired) electrons. The Balaban J connectivity index is 2.45. The summed E-state index contributed by atoms with van der Waals surface area (Å²) in [7, 11) is 0. The maximum atomic E-state index is 14.0. The van der Waals surface area contributed by atoms with Crippen molar-refractivity contribution >= 4 is 11.6 Å². The lowest BCUT2D eigenvalue weighted by Crippen LogP contribution is -2.43. The predicted octanol–water partition coefficient (Wildman–Crippen LogP) is 4.32. The van der Waals surface area contributed by atoms with Gasteiger partial charge in [-0.15, -0.1) is 0 Å². The van der Waals surface area contributed by atoms with Crippen LogP contribution in [0.15, 0.2) is 30.6 Å². The van der Waals surface area contributed by atoms with Gasteiger partial charge < -0.3 is 0 Å². The van der Waals surface area contributed by atoms with E-state index in [0.29, 0.717) is 17.1 Å². The summed E-state index contributed by atoms with van der Waals surface area (Å²) in [6.07, 6.45) is 5.15. The molecule has 0 aliphatic heterocycles. The molecule has 0 unspecified atom stereocenters. The Morgan fingerprint density at radius 1 is 1.29 bits per heavy atom. The lowest BCUT2D eigenvalue weighted by Gasteiger charge is -2.17. The molecule has 114 valence electrons. The standard InChI is InChI=1S/C17H23ClFN2/c1-5-9-20-10-11-21(16(20)17(2,3)4)12-13-14(18)7-6-8-15(13)19/h6-8,10-11H,5,9,12H2,1-4H3/q+1. The lowest BCUT2D eigenvalue weighted by atomic mass is 9.95. The van der Waals surface area contributed by atoms with Gasteiger partial charge in [0.2, 0.25) is 0 Å². The second-order valence-electron chi connectivity index (χ2n) is 6.39. The zero-order valence-electron chi connectivity index (χ0n) is 13.2. The fourth-order valence-electron chi connectivity index (χ4n) is 2.73. The molecule has 4 heteroatoms. The minimum atomic E-state index is -0.252. The second-order valence-corrected chi connectivity index (χ2v) is 6.80. The molecule has 0 atom stereocenters. The van der Waals surface area contributed by atoms with Gasteiger partial charge in [-0.1, -0.05) is 24.6 Å². The zero-order valence-corrected chi connectivity index (χ0v) is 13.9.